The van der Waals surface area contributed by atoms with Gasteiger partial charge in [-0.1, -0.05) is 12.1 Å². The molecule has 0 N–H and O–H groups in total. The van der Waals surface area contributed by atoms with E-state index in [-0.39, 0.29) is 5.97 Å². The molecular formula is C19H19N3O2. The number of carbonyl (C=O) groups is 1. The number of nitrogens with zero attached hydrogens (tertiary/aromatic N) is 3. The highest BCUT2D eigenvalue weighted by molar-refractivity contribution is 5.95. The molecule has 0 radical (unpaired) electrons. The average molecular weight is 321 g/mol. The molecule has 0 amide bonds. The number of benzene rings is 2. The Morgan fingerprint density at radius 1 is 0.958 bits per heavy atom. The van der Waals surface area contributed by atoms with E-state index in [9.17, 15) is 4.79 Å². The first kappa shape index (κ1) is 15.9. The Hall–Kier alpha value is -2.95. The van der Waals surface area contributed by atoms with Gasteiger partial charge in [0.1, 0.15) is 0 Å². The van der Waals surface area contributed by atoms with Crippen molar-refractivity contribution in [3.63, 3.8) is 0 Å². The minimum Gasteiger partial charge on any atom is -0.462 e. The maximum absolute atomic E-state index is 11.4. The van der Waals surface area contributed by atoms with Gasteiger partial charge >= 0.3 is 5.97 Å². The van der Waals surface area contributed by atoms with E-state index in [1.165, 1.54) is 0 Å². The summed E-state index contributed by atoms with van der Waals surface area (Å²) in [5.41, 5.74) is 4.36. The van der Waals surface area contributed by atoms with Crippen LogP contribution in [0.3, 0.4) is 0 Å². The predicted octanol–water partition coefficient (Wildman–Crippen LogP) is 4.50. The van der Waals surface area contributed by atoms with Gasteiger partial charge in [0.05, 0.1) is 18.0 Å². The van der Waals surface area contributed by atoms with Crippen LogP contribution in [0.2, 0.25) is 0 Å². The van der Waals surface area contributed by atoms with Gasteiger partial charge in [-0.25, -0.2) is 4.79 Å². The van der Waals surface area contributed by atoms with E-state index in [0.717, 1.165) is 22.6 Å². The van der Waals surface area contributed by atoms with Crippen molar-refractivity contribution in [2.24, 2.45) is 10.2 Å². The molecule has 0 aliphatic carbocycles. The summed E-state index contributed by atoms with van der Waals surface area (Å²) in [6, 6.07) is 15.5. The van der Waals surface area contributed by atoms with Crippen molar-refractivity contribution < 1.29 is 9.53 Å². The number of azo groups is 1. The molecule has 2 aromatic carbocycles. The second-order valence-corrected chi connectivity index (χ2v) is 5.76. The Morgan fingerprint density at radius 3 is 2.04 bits per heavy atom. The summed E-state index contributed by atoms with van der Waals surface area (Å²) < 4.78 is 4.93. The first-order valence-electron chi connectivity index (χ1n) is 7.79. The topological polar surface area (TPSA) is 54.3 Å². The van der Waals surface area contributed by atoms with Gasteiger partial charge in [0.2, 0.25) is 0 Å². The lowest BCUT2D eigenvalue weighted by Crippen LogP contribution is -2.07. The molecule has 122 valence electrons. The molecule has 2 aromatic rings. The molecule has 1 aliphatic rings. The normalized spacial score (nSPS) is 15.9. The fourth-order valence-corrected chi connectivity index (χ4v) is 2.35. The van der Waals surface area contributed by atoms with Crippen molar-refractivity contribution in [3.8, 4) is 0 Å². The van der Waals surface area contributed by atoms with E-state index in [0.29, 0.717) is 18.6 Å². The van der Waals surface area contributed by atoms with Crippen LogP contribution in [0.25, 0.3) is 6.08 Å². The maximum Gasteiger partial charge on any atom is 0.334 e. The number of hydrogen-bond donors (Lipinski definition) is 0. The van der Waals surface area contributed by atoms with Crippen LogP contribution in [0.5, 0.6) is 0 Å². The molecule has 1 fully saturated rings. The van der Waals surface area contributed by atoms with Crippen LogP contribution in [-0.4, -0.2) is 26.7 Å². The molecule has 1 heterocycles. The fourth-order valence-electron chi connectivity index (χ4n) is 2.35. The van der Waals surface area contributed by atoms with Crippen LogP contribution >= 0.6 is 0 Å². The Labute approximate surface area is 141 Å². The van der Waals surface area contributed by atoms with Crippen LogP contribution in [0.4, 0.5) is 17.1 Å². The predicted molar refractivity (Wildman–Crippen MR) is 94.9 cm³/mol. The molecule has 3 rings (SSSR count). The molecule has 1 saturated heterocycles. The smallest absolute Gasteiger partial charge is 0.334 e. The lowest BCUT2D eigenvalue weighted by molar-refractivity contribution is -0.134. The molecule has 24 heavy (non-hydrogen) atoms. The highest BCUT2D eigenvalue weighted by Crippen LogP contribution is 2.23. The summed E-state index contributed by atoms with van der Waals surface area (Å²) in [6.45, 7) is 0.476. The quantitative estimate of drug-likeness (QED) is 0.473. The van der Waals surface area contributed by atoms with Crippen molar-refractivity contribution >= 4 is 29.1 Å². The van der Waals surface area contributed by atoms with E-state index in [2.05, 4.69) is 10.2 Å². The third-order valence-electron chi connectivity index (χ3n) is 3.75. The van der Waals surface area contributed by atoms with Crippen LogP contribution in [0.15, 0.2) is 64.3 Å². The van der Waals surface area contributed by atoms with E-state index >= 15 is 0 Å². The monoisotopic (exact) mass is 321 g/mol. The second-order valence-electron chi connectivity index (χ2n) is 5.76. The lowest BCUT2D eigenvalue weighted by Gasteiger charge is -2.11. The molecule has 0 spiro atoms. The molecule has 0 aromatic heterocycles. The van der Waals surface area contributed by atoms with Gasteiger partial charge in [-0.05, 0) is 48.0 Å². The molecule has 5 heteroatoms. The molecule has 0 saturated carbocycles. The minimum atomic E-state index is -0.222. The standard InChI is InChI=1S/C19H19N3O2/c1-22(2)18-9-7-17(8-10-18)21-20-16-5-3-14(4-6-16)13-15-11-12-24-19(15)23/h3-10,13H,11-12H2,1-2H3. The minimum absolute atomic E-state index is 0.222. The van der Waals surface area contributed by atoms with E-state index in [4.69, 9.17) is 4.74 Å². The number of esters is 1. The van der Waals surface area contributed by atoms with Crippen LogP contribution in [0.1, 0.15) is 12.0 Å². The Bertz CT molecular complexity index is 775. The van der Waals surface area contributed by atoms with Gasteiger partial charge in [-0.15, -0.1) is 0 Å². The summed E-state index contributed by atoms with van der Waals surface area (Å²) >= 11 is 0. The van der Waals surface area contributed by atoms with Crippen molar-refractivity contribution in [1.29, 1.82) is 0 Å². The number of hydrogen-bond acceptors (Lipinski definition) is 5. The molecule has 0 bridgehead atoms. The van der Waals surface area contributed by atoms with E-state index in [1.807, 2.05) is 73.6 Å². The number of rotatable bonds is 4. The molecular weight excluding hydrogens is 302 g/mol. The third kappa shape index (κ3) is 3.87. The summed E-state index contributed by atoms with van der Waals surface area (Å²) in [5.74, 6) is -0.222. The SMILES string of the molecule is CN(C)c1ccc(N=Nc2ccc(C=C3CCOC3=O)cc2)cc1. The largest absolute Gasteiger partial charge is 0.462 e. The highest BCUT2D eigenvalue weighted by Gasteiger charge is 2.17. The lowest BCUT2D eigenvalue weighted by atomic mass is 10.1. The van der Waals surface area contributed by atoms with Gasteiger partial charge in [0.25, 0.3) is 0 Å². The van der Waals surface area contributed by atoms with Crippen LogP contribution in [0, 0.1) is 0 Å². The van der Waals surface area contributed by atoms with Gasteiger partial charge in [0, 0.05) is 31.8 Å². The van der Waals surface area contributed by atoms with Crippen molar-refractivity contribution in [2.45, 2.75) is 6.42 Å². The number of ether oxygens (including phenoxy) is 1. The van der Waals surface area contributed by atoms with Gasteiger partial charge in [-0.2, -0.15) is 10.2 Å². The molecule has 1 aliphatic heterocycles. The zero-order valence-electron chi connectivity index (χ0n) is 13.8. The zero-order valence-corrected chi connectivity index (χ0v) is 13.8. The average Bonchev–Trinajstić information content (AvgIpc) is 2.99. The molecule has 0 unspecified atom stereocenters. The van der Waals surface area contributed by atoms with Gasteiger partial charge in [-0.3, -0.25) is 0 Å². The number of anilines is 1. The zero-order chi connectivity index (χ0) is 16.9. The van der Waals surface area contributed by atoms with Gasteiger partial charge in [0.15, 0.2) is 0 Å². The fraction of sp³-hybridized carbons (Fsp3) is 0.211. The first-order valence-corrected chi connectivity index (χ1v) is 7.79. The van der Waals surface area contributed by atoms with E-state index < -0.39 is 0 Å². The van der Waals surface area contributed by atoms with Crippen molar-refractivity contribution in [1.82, 2.24) is 0 Å². The summed E-state index contributed by atoms with van der Waals surface area (Å²) in [7, 11) is 4.00. The second kappa shape index (κ2) is 7.08. The van der Waals surface area contributed by atoms with Crippen LogP contribution in [-0.2, 0) is 9.53 Å². The summed E-state index contributed by atoms with van der Waals surface area (Å²) in [6.07, 6.45) is 2.53. The molecule has 5 nitrogen and oxygen atoms in total. The third-order valence-corrected chi connectivity index (χ3v) is 3.75. The number of carbonyl (C=O) groups excluding carboxylic acids is 1. The first-order chi connectivity index (χ1) is 11.6. The highest BCUT2D eigenvalue weighted by atomic mass is 16.5. The number of cyclic esters (lactones) is 1. The summed E-state index contributed by atoms with van der Waals surface area (Å²) in [5, 5.41) is 8.48. The Balaban J connectivity index is 1.68. The van der Waals surface area contributed by atoms with Crippen molar-refractivity contribution in [2.75, 3.05) is 25.6 Å². The van der Waals surface area contributed by atoms with E-state index in [1.54, 1.807) is 0 Å². The maximum atomic E-state index is 11.4. The Kier molecular flexibility index (Phi) is 4.70. The Morgan fingerprint density at radius 2 is 1.54 bits per heavy atom. The van der Waals surface area contributed by atoms with Crippen molar-refractivity contribution in [3.05, 3.63) is 59.7 Å². The summed E-state index contributed by atoms with van der Waals surface area (Å²) in [4.78, 5) is 13.5. The molecule has 0 atom stereocenters. The van der Waals surface area contributed by atoms with Crippen LogP contribution < -0.4 is 4.90 Å². The van der Waals surface area contributed by atoms with Gasteiger partial charge < -0.3 is 9.64 Å².